The third-order valence-electron chi connectivity index (χ3n) is 6.15. The number of carbonyl (C=O) groups is 1. The number of anilines is 1. The Morgan fingerprint density at radius 2 is 1.72 bits per heavy atom. The van der Waals surface area contributed by atoms with Gasteiger partial charge in [-0.3, -0.25) is 14.5 Å². The lowest BCUT2D eigenvalue weighted by Crippen LogP contribution is -2.16. The molecule has 0 spiro atoms. The molecule has 0 saturated carbocycles. The zero-order chi connectivity index (χ0) is 24.7. The lowest BCUT2D eigenvalue weighted by Gasteiger charge is -2.16. The van der Waals surface area contributed by atoms with E-state index in [4.69, 9.17) is 5.10 Å². The number of nitrogens with one attached hydrogen (secondary N) is 1. The van der Waals surface area contributed by atoms with Crippen LogP contribution in [0.3, 0.4) is 0 Å². The van der Waals surface area contributed by atoms with E-state index in [1.807, 2.05) is 24.3 Å². The van der Waals surface area contributed by atoms with Crippen LogP contribution >= 0.6 is 0 Å². The van der Waals surface area contributed by atoms with E-state index in [9.17, 15) is 13.2 Å². The summed E-state index contributed by atoms with van der Waals surface area (Å²) in [6, 6.07) is 19.0. The molecular formula is C26H20N6O3S. The summed E-state index contributed by atoms with van der Waals surface area (Å²) in [6.45, 7) is 0. The first kappa shape index (κ1) is 22.1. The Hall–Kier alpha value is -4.44. The van der Waals surface area contributed by atoms with Gasteiger partial charge in [0.05, 0.1) is 10.6 Å². The number of Topliss-reactive ketones (excluding diaryl/α,β-unsaturated/α-hetero) is 1. The van der Waals surface area contributed by atoms with Crippen molar-refractivity contribution in [3.63, 3.8) is 0 Å². The normalized spacial score (nSPS) is 13.5. The molecule has 0 unspecified atom stereocenters. The van der Waals surface area contributed by atoms with Crippen molar-refractivity contribution < 1.29 is 13.2 Å². The molecule has 0 saturated heterocycles. The molecule has 1 aliphatic carbocycles. The quantitative estimate of drug-likeness (QED) is 0.388. The van der Waals surface area contributed by atoms with Crippen molar-refractivity contribution in [2.24, 2.45) is 0 Å². The highest BCUT2D eigenvalue weighted by Crippen LogP contribution is 2.27. The molecule has 2 aromatic carbocycles. The van der Waals surface area contributed by atoms with E-state index in [-0.39, 0.29) is 10.7 Å². The molecule has 6 rings (SSSR count). The molecule has 0 atom stereocenters. The topological polar surface area (TPSA) is 119 Å². The summed E-state index contributed by atoms with van der Waals surface area (Å²) in [7, 11) is -3.89. The first-order valence-electron chi connectivity index (χ1n) is 11.4. The van der Waals surface area contributed by atoms with Crippen molar-refractivity contribution in [1.82, 2.24) is 24.8 Å². The monoisotopic (exact) mass is 496 g/mol. The van der Waals surface area contributed by atoms with Crippen LogP contribution in [0.25, 0.3) is 28.3 Å². The molecule has 9 nitrogen and oxygen atoms in total. The van der Waals surface area contributed by atoms with Crippen LogP contribution in [-0.2, 0) is 16.4 Å². The molecule has 0 aliphatic heterocycles. The third kappa shape index (κ3) is 4.01. The Labute approximate surface area is 206 Å². The van der Waals surface area contributed by atoms with E-state index in [1.165, 1.54) is 6.07 Å². The van der Waals surface area contributed by atoms with E-state index in [2.05, 4.69) is 19.9 Å². The van der Waals surface area contributed by atoms with Gasteiger partial charge in [-0.1, -0.05) is 18.2 Å². The minimum atomic E-state index is -3.89. The van der Waals surface area contributed by atoms with Gasteiger partial charge in [0, 0.05) is 41.2 Å². The smallest absolute Gasteiger partial charge is 0.261 e. The molecule has 10 heteroatoms. The molecule has 178 valence electrons. The highest BCUT2D eigenvalue weighted by molar-refractivity contribution is 7.92. The number of hydrogen-bond donors (Lipinski definition) is 1. The second kappa shape index (κ2) is 8.65. The summed E-state index contributed by atoms with van der Waals surface area (Å²) in [6.07, 6.45) is 5.37. The van der Waals surface area contributed by atoms with Crippen LogP contribution in [0.5, 0.6) is 0 Å². The van der Waals surface area contributed by atoms with E-state index < -0.39 is 10.0 Å². The highest BCUT2D eigenvalue weighted by Gasteiger charge is 2.22. The number of hydrogen-bond acceptors (Lipinski definition) is 7. The Morgan fingerprint density at radius 3 is 2.58 bits per heavy atom. The number of fused-ring (bicyclic) bond motifs is 2. The second-order valence-corrected chi connectivity index (χ2v) is 10.2. The molecule has 0 radical (unpaired) electrons. The van der Waals surface area contributed by atoms with Crippen LogP contribution in [-0.4, -0.2) is 39.0 Å². The van der Waals surface area contributed by atoms with Crippen molar-refractivity contribution in [2.75, 3.05) is 4.72 Å². The molecule has 36 heavy (non-hydrogen) atoms. The van der Waals surface area contributed by atoms with E-state index in [1.54, 1.807) is 53.3 Å². The van der Waals surface area contributed by atoms with Gasteiger partial charge in [0.2, 0.25) is 0 Å². The first-order chi connectivity index (χ1) is 17.5. The lowest BCUT2D eigenvalue weighted by molar-refractivity contribution is 0.0972. The van der Waals surface area contributed by atoms with Crippen molar-refractivity contribution in [3.8, 4) is 22.6 Å². The van der Waals surface area contributed by atoms with Crippen molar-refractivity contribution in [1.29, 1.82) is 0 Å². The van der Waals surface area contributed by atoms with Gasteiger partial charge < -0.3 is 0 Å². The van der Waals surface area contributed by atoms with E-state index in [0.29, 0.717) is 40.4 Å². The molecular weight excluding hydrogens is 476 g/mol. The summed E-state index contributed by atoms with van der Waals surface area (Å²) in [4.78, 5) is 16.4. The van der Waals surface area contributed by atoms with Gasteiger partial charge in [0.15, 0.2) is 17.3 Å². The standard InChI is InChI=1S/C26H20N6O3S/c33-24-6-2-3-17-7-8-21(16-22(17)24)36(34,35)31-20-5-1-4-19(15-20)23-9-10-25-28-29-26(32(25)30-23)18-11-13-27-14-12-18/h1,4-5,7-16,31H,2-3,6H2. The zero-order valence-electron chi connectivity index (χ0n) is 19.0. The molecule has 1 N–H and O–H groups in total. The number of aryl methyl sites for hydroxylation is 1. The van der Waals surface area contributed by atoms with Crippen LogP contribution in [0, 0.1) is 0 Å². The van der Waals surface area contributed by atoms with Crippen LogP contribution in [0.15, 0.2) is 84.0 Å². The molecule has 0 fully saturated rings. The fourth-order valence-corrected chi connectivity index (χ4v) is 5.43. The largest absolute Gasteiger partial charge is 0.294 e. The summed E-state index contributed by atoms with van der Waals surface area (Å²) < 4.78 is 30.5. The van der Waals surface area contributed by atoms with E-state index >= 15 is 0 Å². The second-order valence-electron chi connectivity index (χ2n) is 8.53. The number of carbonyl (C=O) groups excluding carboxylic acids is 1. The Morgan fingerprint density at radius 1 is 0.861 bits per heavy atom. The number of ketones is 1. The lowest BCUT2D eigenvalue weighted by atomic mass is 9.91. The zero-order valence-corrected chi connectivity index (χ0v) is 19.8. The number of rotatable bonds is 5. The van der Waals surface area contributed by atoms with Gasteiger partial charge in [-0.15, -0.1) is 10.2 Å². The number of sulfonamides is 1. The number of nitrogens with zero attached hydrogens (tertiary/aromatic N) is 5. The number of benzene rings is 2. The van der Waals surface area contributed by atoms with Gasteiger partial charge in [-0.05, 0) is 66.9 Å². The third-order valence-corrected chi connectivity index (χ3v) is 7.53. The van der Waals surface area contributed by atoms with Crippen LogP contribution in [0.2, 0.25) is 0 Å². The van der Waals surface area contributed by atoms with Crippen molar-refractivity contribution in [2.45, 2.75) is 24.2 Å². The predicted octanol–water partition coefficient (Wildman–Crippen LogP) is 4.17. The average Bonchev–Trinajstić information content (AvgIpc) is 3.32. The summed E-state index contributed by atoms with van der Waals surface area (Å²) in [5.41, 5.74) is 4.53. The minimum Gasteiger partial charge on any atom is -0.294 e. The Balaban J connectivity index is 1.32. The van der Waals surface area contributed by atoms with E-state index in [0.717, 1.165) is 24.0 Å². The van der Waals surface area contributed by atoms with Gasteiger partial charge >= 0.3 is 0 Å². The summed E-state index contributed by atoms with van der Waals surface area (Å²) in [5, 5.41) is 13.1. The molecule has 1 aliphatic rings. The fourth-order valence-electron chi connectivity index (χ4n) is 4.35. The van der Waals surface area contributed by atoms with Crippen molar-refractivity contribution in [3.05, 3.63) is 90.3 Å². The van der Waals surface area contributed by atoms with Crippen LogP contribution in [0.4, 0.5) is 5.69 Å². The van der Waals surface area contributed by atoms with Gasteiger partial charge in [0.1, 0.15) is 0 Å². The van der Waals surface area contributed by atoms with Gasteiger partial charge in [-0.25, -0.2) is 8.42 Å². The molecule has 0 amide bonds. The first-order valence-corrected chi connectivity index (χ1v) is 12.9. The summed E-state index contributed by atoms with van der Waals surface area (Å²) in [5.74, 6) is 0.560. The number of aromatic nitrogens is 5. The minimum absolute atomic E-state index is 0.0168. The molecule has 0 bridgehead atoms. The average molecular weight is 497 g/mol. The van der Waals surface area contributed by atoms with Gasteiger partial charge in [0.25, 0.3) is 10.0 Å². The fraction of sp³-hybridized carbons (Fsp3) is 0.115. The Kier molecular flexibility index (Phi) is 5.30. The summed E-state index contributed by atoms with van der Waals surface area (Å²) >= 11 is 0. The Bertz CT molecular complexity index is 1730. The molecule has 5 aromatic rings. The van der Waals surface area contributed by atoms with Crippen LogP contribution in [0.1, 0.15) is 28.8 Å². The number of pyridine rings is 1. The van der Waals surface area contributed by atoms with Crippen LogP contribution < -0.4 is 4.72 Å². The molecule has 3 heterocycles. The predicted molar refractivity (Wildman–Crippen MR) is 134 cm³/mol. The maximum Gasteiger partial charge on any atom is 0.261 e. The highest BCUT2D eigenvalue weighted by atomic mass is 32.2. The maximum absolute atomic E-state index is 13.1. The maximum atomic E-state index is 13.1. The molecule has 3 aromatic heterocycles. The van der Waals surface area contributed by atoms with Gasteiger partial charge in [-0.2, -0.15) is 9.61 Å². The van der Waals surface area contributed by atoms with Crippen molar-refractivity contribution >= 4 is 27.1 Å². The SMILES string of the molecule is O=C1CCCc2ccc(S(=O)(=O)Nc3cccc(-c4ccc5nnc(-c6ccncc6)n5n4)c3)cc21.